The molecule has 4 rings (SSSR count). The van der Waals surface area contributed by atoms with Crippen LogP contribution >= 0.6 is 0 Å². The Labute approximate surface area is 132 Å². The molecule has 0 atom stereocenters. The van der Waals surface area contributed by atoms with Crippen LogP contribution in [-0.2, 0) is 18.4 Å². The summed E-state index contributed by atoms with van der Waals surface area (Å²) in [6, 6.07) is 10.8. The molecular formula is C19H23N3. The lowest BCUT2D eigenvalue weighted by molar-refractivity contribution is 0.356. The van der Waals surface area contributed by atoms with Crippen LogP contribution in [0.5, 0.6) is 0 Å². The Bertz CT molecular complexity index is 676. The van der Waals surface area contributed by atoms with Gasteiger partial charge in [0.2, 0.25) is 0 Å². The highest BCUT2D eigenvalue weighted by Crippen LogP contribution is 2.51. The highest BCUT2D eigenvalue weighted by Gasteiger charge is 2.46. The Morgan fingerprint density at radius 1 is 0.955 bits per heavy atom. The topological polar surface area (TPSA) is 30.7 Å². The second kappa shape index (κ2) is 5.38. The zero-order chi connectivity index (χ0) is 15.0. The maximum Gasteiger partial charge on any atom is 0.144 e. The van der Waals surface area contributed by atoms with E-state index in [1.807, 2.05) is 0 Å². The van der Waals surface area contributed by atoms with Gasteiger partial charge in [0.05, 0.1) is 5.41 Å². The zero-order valence-corrected chi connectivity index (χ0v) is 13.1. The van der Waals surface area contributed by atoms with E-state index in [0.717, 1.165) is 25.8 Å². The normalized spacial score (nSPS) is 20.6. The SMILES string of the molecule is C=C1CC(c2ccccc2)(c2nnc3n2CCCCCC3)C1. The molecule has 1 saturated carbocycles. The van der Waals surface area contributed by atoms with E-state index < -0.39 is 0 Å². The van der Waals surface area contributed by atoms with Crippen molar-refractivity contribution in [1.82, 2.24) is 14.8 Å². The van der Waals surface area contributed by atoms with Gasteiger partial charge >= 0.3 is 0 Å². The van der Waals surface area contributed by atoms with Crippen LogP contribution in [0.4, 0.5) is 0 Å². The van der Waals surface area contributed by atoms with Crippen molar-refractivity contribution in [2.75, 3.05) is 0 Å². The lowest BCUT2D eigenvalue weighted by Crippen LogP contribution is -2.40. The summed E-state index contributed by atoms with van der Waals surface area (Å²) >= 11 is 0. The molecule has 0 saturated heterocycles. The minimum absolute atomic E-state index is 0.00277. The number of benzene rings is 1. The van der Waals surface area contributed by atoms with Crippen molar-refractivity contribution in [3.63, 3.8) is 0 Å². The Morgan fingerprint density at radius 3 is 2.50 bits per heavy atom. The van der Waals surface area contributed by atoms with Crippen LogP contribution < -0.4 is 0 Å². The van der Waals surface area contributed by atoms with Gasteiger partial charge in [-0.2, -0.15) is 0 Å². The van der Waals surface area contributed by atoms with Crippen LogP contribution in [0.1, 0.15) is 55.7 Å². The van der Waals surface area contributed by atoms with Gasteiger partial charge in [0.25, 0.3) is 0 Å². The van der Waals surface area contributed by atoms with Gasteiger partial charge in [-0.15, -0.1) is 10.2 Å². The summed E-state index contributed by atoms with van der Waals surface area (Å²) in [5.41, 5.74) is 2.69. The van der Waals surface area contributed by atoms with E-state index in [-0.39, 0.29) is 5.41 Å². The fourth-order valence-corrected chi connectivity index (χ4v) is 4.07. The molecule has 0 radical (unpaired) electrons. The molecule has 0 unspecified atom stereocenters. The number of aromatic nitrogens is 3. The second-order valence-corrected chi connectivity index (χ2v) is 6.81. The molecule has 2 heterocycles. The lowest BCUT2D eigenvalue weighted by Gasteiger charge is -2.43. The first-order chi connectivity index (χ1) is 10.8. The number of allylic oxidation sites excluding steroid dienone is 1. The highest BCUT2D eigenvalue weighted by molar-refractivity contribution is 5.43. The summed E-state index contributed by atoms with van der Waals surface area (Å²) in [5.74, 6) is 2.35. The van der Waals surface area contributed by atoms with E-state index >= 15 is 0 Å². The van der Waals surface area contributed by atoms with Gasteiger partial charge in [-0.05, 0) is 31.2 Å². The molecular weight excluding hydrogens is 270 g/mol. The van der Waals surface area contributed by atoms with Gasteiger partial charge in [0.1, 0.15) is 11.6 Å². The number of fused-ring (bicyclic) bond motifs is 1. The Hall–Kier alpha value is -1.90. The molecule has 2 aliphatic rings. The largest absolute Gasteiger partial charge is 0.314 e. The van der Waals surface area contributed by atoms with Crippen LogP contribution in [0, 0.1) is 0 Å². The molecule has 3 heteroatoms. The van der Waals surface area contributed by atoms with Gasteiger partial charge in [-0.3, -0.25) is 0 Å². The molecule has 22 heavy (non-hydrogen) atoms. The Balaban J connectivity index is 1.80. The minimum Gasteiger partial charge on any atom is -0.314 e. The summed E-state index contributed by atoms with van der Waals surface area (Å²) in [7, 11) is 0. The van der Waals surface area contributed by atoms with Crippen molar-refractivity contribution in [3.8, 4) is 0 Å². The van der Waals surface area contributed by atoms with Crippen molar-refractivity contribution in [2.45, 2.75) is 56.9 Å². The maximum atomic E-state index is 4.66. The average molecular weight is 293 g/mol. The van der Waals surface area contributed by atoms with Gasteiger partial charge < -0.3 is 4.57 Å². The van der Waals surface area contributed by atoms with Crippen molar-refractivity contribution < 1.29 is 0 Å². The minimum atomic E-state index is 0.00277. The van der Waals surface area contributed by atoms with Crippen LogP contribution in [-0.4, -0.2) is 14.8 Å². The fraction of sp³-hybridized carbons (Fsp3) is 0.474. The number of hydrogen-bond donors (Lipinski definition) is 0. The van der Waals surface area contributed by atoms with Crippen LogP contribution in [0.15, 0.2) is 42.5 Å². The molecule has 0 bridgehead atoms. The van der Waals surface area contributed by atoms with Gasteiger partial charge in [0.15, 0.2) is 0 Å². The standard InChI is InChI=1S/C19H23N3/c1-15-13-19(14-15,16-9-5-4-6-10-16)18-21-20-17-11-7-2-3-8-12-22(17)18/h4-6,9-10H,1-3,7-8,11-14H2. The van der Waals surface area contributed by atoms with Crippen LogP contribution in [0.2, 0.25) is 0 Å². The quantitative estimate of drug-likeness (QED) is 0.783. The predicted octanol–water partition coefficient (Wildman–Crippen LogP) is 4.03. The first-order valence-corrected chi connectivity index (χ1v) is 8.44. The van der Waals surface area contributed by atoms with E-state index in [0.29, 0.717) is 0 Å². The Morgan fingerprint density at radius 2 is 1.73 bits per heavy atom. The van der Waals surface area contributed by atoms with Crippen LogP contribution in [0.25, 0.3) is 0 Å². The summed E-state index contributed by atoms with van der Waals surface area (Å²) in [6.07, 6.45) is 8.21. The third kappa shape index (κ3) is 2.11. The molecule has 1 aliphatic carbocycles. The summed E-state index contributed by atoms with van der Waals surface area (Å²) in [5, 5.41) is 9.20. The highest BCUT2D eigenvalue weighted by atomic mass is 15.3. The van der Waals surface area contributed by atoms with Gasteiger partial charge in [-0.1, -0.05) is 55.3 Å². The number of aryl methyl sites for hydroxylation is 1. The van der Waals surface area contributed by atoms with E-state index in [1.54, 1.807) is 0 Å². The zero-order valence-electron chi connectivity index (χ0n) is 13.1. The van der Waals surface area contributed by atoms with Crippen molar-refractivity contribution in [1.29, 1.82) is 0 Å². The molecule has 2 aromatic rings. The first-order valence-electron chi connectivity index (χ1n) is 8.44. The molecule has 0 N–H and O–H groups in total. The van der Waals surface area contributed by atoms with E-state index in [4.69, 9.17) is 0 Å². The third-order valence-corrected chi connectivity index (χ3v) is 5.22. The molecule has 0 spiro atoms. The Kier molecular flexibility index (Phi) is 3.36. The van der Waals surface area contributed by atoms with E-state index in [9.17, 15) is 0 Å². The van der Waals surface area contributed by atoms with Gasteiger partial charge in [-0.25, -0.2) is 0 Å². The fourth-order valence-electron chi connectivity index (χ4n) is 4.07. The van der Waals surface area contributed by atoms with Crippen molar-refractivity contribution >= 4 is 0 Å². The summed E-state index contributed by atoms with van der Waals surface area (Å²) in [6.45, 7) is 5.25. The molecule has 1 aromatic carbocycles. The van der Waals surface area contributed by atoms with Crippen molar-refractivity contribution in [2.24, 2.45) is 0 Å². The number of nitrogens with zero attached hydrogens (tertiary/aromatic N) is 3. The molecule has 1 aliphatic heterocycles. The molecule has 1 fully saturated rings. The predicted molar refractivity (Wildman–Crippen MR) is 87.8 cm³/mol. The van der Waals surface area contributed by atoms with Crippen LogP contribution in [0.3, 0.4) is 0 Å². The van der Waals surface area contributed by atoms with Gasteiger partial charge in [0, 0.05) is 13.0 Å². The second-order valence-electron chi connectivity index (χ2n) is 6.81. The monoisotopic (exact) mass is 293 g/mol. The maximum absolute atomic E-state index is 4.66. The average Bonchev–Trinajstić information content (AvgIpc) is 2.86. The third-order valence-electron chi connectivity index (χ3n) is 5.22. The molecule has 3 nitrogen and oxygen atoms in total. The number of rotatable bonds is 2. The lowest BCUT2D eigenvalue weighted by atomic mass is 9.61. The van der Waals surface area contributed by atoms with E-state index in [2.05, 4.69) is 51.7 Å². The summed E-state index contributed by atoms with van der Waals surface area (Å²) in [4.78, 5) is 0. The molecule has 1 aromatic heterocycles. The molecule has 114 valence electrons. The number of hydrogen-bond acceptors (Lipinski definition) is 2. The summed E-state index contributed by atoms with van der Waals surface area (Å²) < 4.78 is 2.42. The van der Waals surface area contributed by atoms with Crippen molar-refractivity contribution in [3.05, 3.63) is 59.7 Å². The smallest absolute Gasteiger partial charge is 0.144 e. The molecule has 0 amide bonds. The van der Waals surface area contributed by atoms with E-state index in [1.165, 1.54) is 48.5 Å². The first kappa shape index (κ1) is 13.7.